The van der Waals surface area contributed by atoms with E-state index in [1.807, 2.05) is 13.1 Å². The molecule has 0 unspecified atom stereocenters. The molecule has 6 heteroatoms. The molecule has 1 saturated heterocycles. The van der Waals surface area contributed by atoms with E-state index in [0.29, 0.717) is 13.2 Å². The molecule has 0 amide bonds. The lowest BCUT2D eigenvalue weighted by atomic mass is 10.00. The first-order chi connectivity index (χ1) is 10.7. The molecule has 130 valence electrons. The maximum atomic E-state index is 5.71. The minimum Gasteiger partial charge on any atom is -0.477 e. The minimum atomic E-state index is 0. The Morgan fingerprint density at radius 2 is 2.17 bits per heavy atom. The first-order valence-electron chi connectivity index (χ1n) is 8.26. The molecule has 2 heterocycles. The van der Waals surface area contributed by atoms with Gasteiger partial charge in [-0.3, -0.25) is 4.99 Å². The van der Waals surface area contributed by atoms with Crippen LogP contribution >= 0.6 is 24.0 Å². The summed E-state index contributed by atoms with van der Waals surface area (Å²) < 4.78 is 5.71. The number of guanidine groups is 1. The Bertz CT molecular complexity index is 487. The van der Waals surface area contributed by atoms with E-state index in [2.05, 4.69) is 40.1 Å². The first kappa shape index (κ1) is 20.0. The Labute approximate surface area is 156 Å². The number of aliphatic imine (C=N–C) groups is 1. The van der Waals surface area contributed by atoms with Gasteiger partial charge in [0.2, 0.25) is 5.88 Å². The number of pyridine rings is 1. The van der Waals surface area contributed by atoms with Crippen molar-refractivity contribution in [2.24, 2.45) is 10.9 Å². The summed E-state index contributed by atoms with van der Waals surface area (Å²) in [6.07, 6.45) is 5.23. The molecule has 0 aromatic carbocycles. The molecule has 1 aromatic heterocycles. The summed E-state index contributed by atoms with van der Waals surface area (Å²) in [6.45, 7) is 7.95. The van der Waals surface area contributed by atoms with Gasteiger partial charge in [-0.15, -0.1) is 24.0 Å². The number of piperidine rings is 1. The minimum absolute atomic E-state index is 0. The van der Waals surface area contributed by atoms with Crippen molar-refractivity contribution in [1.29, 1.82) is 0 Å². The van der Waals surface area contributed by atoms with Gasteiger partial charge in [0.1, 0.15) is 0 Å². The van der Waals surface area contributed by atoms with Crippen LogP contribution in [0.2, 0.25) is 0 Å². The number of hydrogen-bond acceptors (Lipinski definition) is 3. The number of ether oxygens (including phenoxy) is 1. The van der Waals surface area contributed by atoms with Crippen LogP contribution in [0.3, 0.4) is 0 Å². The number of aromatic nitrogens is 1. The molecule has 1 aromatic rings. The zero-order valence-electron chi connectivity index (χ0n) is 14.4. The van der Waals surface area contributed by atoms with Crippen LogP contribution in [0.1, 0.15) is 38.7 Å². The lowest BCUT2D eigenvalue weighted by Crippen LogP contribution is -2.45. The van der Waals surface area contributed by atoms with E-state index in [-0.39, 0.29) is 24.0 Å². The van der Waals surface area contributed by atoms with Crippen molar-refractivity contribution in [3.8, 4) is 5.88 Å². The molecule has 2 rings (SSSR count). The molecular weight excluding hydrogens is 403 g/mol. The van der Waals surface area contributed by atoms with Gasteiger partial charge in [0.15, 0.2) is 5.96 Å². The Hall–Kier alpha value is -1.05. The Kier molecular flexibility index (Phi) is 9.28. The van der Waals surface area contributed by atoms with Crippen LogP contribution in [0.5, 0.6) is 5.88 Å². The monoisotopic (exact) mass is 432 g/mol. The van der Waals surface area contributed by atoms with Crippen molar-refractivity contribution in [1.82, 2.24) is 15.2 Å². The second kappa shape index (κ2) is 10.7. The predicted octanol–water partition coefficient (Wildman–Crippen LogP) is 3.30. The molecule has 1 fully saturated rings. The van der Waals surface area contributed by atoms with Crippen LogP contribution in [0, 0.1) is 5.92 Å². The van der Waals surface area contributed by atoms with Crippen molar-refractivity contribution in [2.75, 3.05) is 26.7 Å². The van der Waals surface area contributed by atoms with Gasteiger partial charge in [-0.2, -0.15) is 0 Å². The maximum absolute atomic E-state index is 5.71. The SMILES string of the molecule is CCCOc1ncccc1CNC(=NC)N1CCC(C)CC1.I. The van der Waals surface area contributed by atoms with Crippen LogP contribution in [0.4, 0.5) is 0 Å². The van der Waals surface area contributed by atoms with Crippen molar-refractivity contribution in [3.05, 3.63) is 23.9 Å². The van der Waals surface area contributed by atoms with Crippen molar-refractivity contribution in [3.63, 3.8) is 0 Å². The van der Waals surface area contributed by atoms with E-state index >= 15 is 0 Å². The highest BCUT2D eigenvalue weighted by atomic mass is 127. The van der Waals surface area contributed by atoms with Gasteiger partial charge in [0, 0.05) is 38.4 Å². The molecule has 0 aliphatic carbocycles. The molecular formula is C17H29IN4O. The molecule has 0 spiro atoms. The second-order valence-corrected chi connectivity index (χ2v) is 5.89. The quantitative estimate of drug-likeness (QED) is 0.441. The lowest BCUT2D eigenvalue weighted by Gasteiger charge is -2.33. The number of halogens is 1. The van der Waals surface area contributed by atoms with E-state index < -0.39 is 0 Å². The zero-order chi connectivity index (χ0) is 15.8. The Morgan fingerprint density at radius 3 is 2.83 bits per heavy atom. The molecule has 23 heavy (non-hydrogen) atoms. The summed E-state index contributed by atoms with van der Waals surface area (Å²) in [6, 6.07) is 4.00. The number of likely N-dealkylation sites (tertiary alicyclic amines) is 1. The van der Waals surface area contributed by atoms with Gasteiger partial charge in [-0.25, -0.2) is 4.98 Å². The smallest absolute Gasteiger partial charge is 0.218 e. The van der Waals surface area contributed by atoms with Crippen LogP contribution in [-0.2, 0) is 6.54 Å². The average Bonchev–Trinajstić information content (AvgIpc) is 2.56. The Balaban J connectivity index is 0.00000264. The standard InChI is InChI=1S/C17H28N4O.HI/c1-4-12-22-16-15(6-5-9-19-16)13-20-17(18-3)21-10-7-14(2)8-11-21;/h5-6,9,14H,4,7-8,10-13H2,1-3H3,(H,18,20);1H. The highest BCUT2D eigenvalue weighted by molar-refractivity contribution is 14.0. The zero-order valence-corrected chi connectivity index (χ0v) is 16.7. The molecule has 5 nitrogen and oxygen atoms in total. The van der Waals surface area contributed by atoms with Crippen LogP contribution in [0.15, 0.2) is 23.3 Å². The summed E-state index contributed by atoms with van der Waals surface area (Å²) in [7, 11) is 1.85. The van der Waals surface area contributed by atoms with Gasteiger partial charge >= 0.3 is 0 Å². The number of nitrogens with zero attached hydrogens (tertiary/aromatic N) is 3. The summed E-state index contributed by atoms with van der Waals surface area (Å²) in [5.41, 5.74) is 1.07. The molecule has 0 atom stereocenters. The highest BCUT2D eigenvalue weighted by Crippen LogP contribution is 2.17. The molecule has 1 aliphatic heterocycles. The van der Waals surface area contributed by atoms with E-state index in [9.17, 15) is 0 Å². The van der Waals surface area contributed by atoms with Gasteiger partial charge in [-0.05, 0) is 31.2 Å². The molecule has 0 radical (unpaired) electrons. The highest BCUT2D eigenvalue weighted by Gasteiger charge is 2.18. The largest absolute Gasteiger partial charge is 0.477 e. The third-order valence-corrected chi connectivity index (χ3v) is 4.02. The van der Waals surface area contributed by atoms with Gasteiger partial charge in [-0.1, -0.05) is 19.9 Å². The number of hydrogen-bond donors (Lipinski definition) is 1. The predicted molar refractivity (Wildman–Crippen MR) is 106 cm³/mol. The number of rotatable bonds is 5. The van der Waals surface area contributed by atoms with E-state index in [0.717, 1.165) is 42.8 Å². The molecule has 0 bridgehead atoms. The lowest BCUT2D eigenvalue weighted by molar-refractivity contribution is 0.272. The average molecular weight is 432 g/mol. The maximum Gasteiger partial charge on any atom is 0.218 e. The molecule has 1 aliphatic rings. The fraction of sp³-hybridized carbons (Fsp3) is 0.647. The van der Waals surface area contributed by atoms with Crippen molar-refractivity contribution in [2.45, 2.75) is 39.7 Å². The summed E-state index contributed by atoms with van der Waals surface area (Å²) in [4.78, 5) is 11.1. The van der Waals surface area contributed by atoms with Crippen LogP contribution in [-0.4, -0.2) is 42.6 Å². The van der Waals surface area contributed by atoms with Gasteiger partial charge in [0.05, 0.1) is 6.61 Å². The van der Waals surface area contributed by atoms with Crippen LogP contribution < -0.4 is 10.1 Å². The van der Waals surface area contributed by atoms with E-state index in [1.165, 1.54) is 12.8 Å². The van der Waals surface area contributed by atoms with Crippen molar-refractivity contribution >= 4 is 29.9 Å². The normalized spacial score (nSPS) is 16.0. The first-order valence-corrected chi connectivity index (χ1v) is 8.26. The third-order valence-electron chi connectivity index (χ3n) is 4.02. The summed E-state index contributed by atoms with van der Waals surface area (Å²) >= 11 is 0. The van der Waals surface area contributed by atoms with E-state index in [1.54, 1.807) is 6.20 Å². The fourth-order valence-corrected chi connectivity index (χ4v) is 2.61. The number of nitrogens with one attached hydrogen (secondary N) is 1. The van der Waals surface area contributed by atoms with Crippen molar-refractivity contribution < 1.29 is 4.74 Å². The van der Waals surface area contributed by atoms with Gasteiger partial charge < -0.3 is 15.0 Å². The molecule has 0 saturated carbocycles. The third kappa shape index (κ3) is 6.16. The van der Waals surface area contributed by atoms with Crippen LogP contribution in [0.25, 0.3) is 0 Å². The Morgan fingerprint density at radius 1 is 1.43 bits per heavy atom. The fourth-order valence-electron chi connectivity index (χ4n) is 2.61. The summed E-state index contributed by atoms with van der Waals surface area (Å²) in [5, 5.41) is 3.44. The molecule has 1 N–H and O–H groups in total. The topological polar surface area (TPSA) is 49.8 Å². The summed E-state index contributed by atoms with van der Waals surface area (Å²) in [5.74, 6) is 2.51. The van der Waals surface area contributed by atoms with Gasteiger partial charge in [0.25, 0.3) is 0 Å². The van der Waals surface area contributed by atoms with E-state index in [4.69, 9.17) is 4.74 Å². The second-order valence-electron chi connectivity index (χ2n) is 5.89.